The number of nitrogens with one attached hydrogen (secondary N) is 1. The van der Waals surface area contributed by atoms with E-state index in [1.54, 1.807) is 0 Å². The van der Waals surface area contributed by atoms with Gasteiger partial charge in [-0.05, 0) is 42.7 Å². The summed E-state index contributed by atoms with van der Waals surface area (Å²) in [5, 5.41) is 5.26. The van der Waals surface area contributed by atoms with Gasteiger partial charge in [0.15, 0.2) is 0 Å². The van der Waals surface area contributed by atoms with Crippen LogP contribution in [0.1, 0.15) is 38.3 Å². The Morgan fingerprint density at radius 2 is 1.68 bits per heavy atom. The Kier molecular flexibility index (Phi) is 7.17. The minimum absolute atomic E-state index is 0.204. The second kappa shape index (κ2) is 10.3. The highest BCUT2D eigenvalue weighted by atomic mass is 16.6. The number of nitrogens with zero attached hydrogens (tertiary/aromatic N) is 1. The van der Waals surface area contributed by atoms with Crippen LogP contribution in [0.3, 0.4) is 0 Å². The number of hydrogen-bond acceptors (Lipinski definition) is 4. The summed E-state index contributed by atoms with van der Waals surface area (Å²) in [4.78, 5) is 27.7. The molecule has 1 heterocycles. The Morgan fingerprint density at radius 1 is 0.971 bits per heavy atom. The van der Waals surface area contributed by atoms with Gasteiger partial charge >= 0.3 is 6.09 Å². The second-order valence-electron chi connectivity index (χ2n) is 9.66. The fourth-order valence-electron chi connectivity index (χ4n) is 4.22. The first kappa shape index (κ1) is 23.8. The minimum atomic E-state index is -0.649. The lowest BCUT2D eigenvalue weighted by molar-refractivity contribution is -0.125. The van der Waals surface area contributed by atoms with Crippen LogP contribution in [0, 0.1) is 0 Å². The Labute approximate surface area is 200 Å². The van der Waals surface area contributed by atoms with E-state index in [-0.39, 0.29) is 12.0 Å². The summed E-state index contributed by atoms with van der Waals surface area (Å²) in [6.07, 6.45) is -0.322. The van der Waals surface area contributed by atoms with Crippen molar-refractivity contribution in [3.8, 4) is 0 Å². The maximum atomic E-state index is 13.2. The van der Waals surface area contributed by atoms with Gasteiger partial charge in [0.05, 0.1) is 19.3 Å². The summed E-state index contributed by atoms with van der Waals surface area (Å²) in [6.45, 7) is 6.58. The van der Waals surface area contributed by atoms with Crippen molar-refractivity contribution in [2.45, 2.75) is 58.1 Å². The molecule has 0 aliphatic carbocycles. The van der Waals surface area contributed by atoms with E-state index in [1.807, 2.05) is 81.4 Å². The summed E-state index contributed by atoms with van der Waals surface area (Å²) in [6, 6.07) is 23.4. The van der Waals surface area contributed by atoms with Crippen LogP contribution in [-0.4, -0.2) is 41.2 Å². The van der Waals surface area contributed by atoms with Gasteiger partial charge in [-0.3, -0.25) is 9.69 Å². The van der Waals surface area contributed by atoms with Crippen molar-refractivity contribution < 1.29 is 19.1 Å². The fourth-order valence-corrected chi connectivity index (χ4v) is 4.22. The molecule has 34 heavy (non-hydrogen) atoms. The molecule has 0 radical (unpaired) electrons. The molecule has 6 nitrogen and oxygen atoms in total. The van der Waals surface area contributed by atoms with Gasteiger partial charge in [0.2, 0.25) is 5.91 Å². The predicted molar refractivity (Wildman–Crippen MR) is 132 cm³/mol. The molecule has 1 aliphatic rings. The van der Waals surface area contributed by atoms with E-state index >= 15 is 0 Å². The maximum Gasteiger partial charge on any atom is 0.411 e. The number of benzene rings is 3. The third kappa shape index (κ3) is 5.94. The molecular weight excluding hydrogens is 428 g/mol. The van der Waals surface area contributed by atoms with Crippen LogP contribution in [0.25, 0.3) is 10.8 Å². The molecule has 6 heteroatoms. The minimum Gasteiger partial charge on any atom is -0.444 e. The molecule has 3 aromatic rings. The SMILES string of the molecule is CC(C)(C)OC(=O)N1CC(OCc2ccccc2)CC1C(=O)NCc1cccc2ccccc12. The second-order valence-corrected chi connectivity index (χ2v) is 9.66. The summed E-state index contributed by atoms with van der Waals surface area (Å²) in [5.74, 6) is -0.204. The van der Waals surface area contributed by atoms with Crippen molar-refractivity contribution in [3.05, 3.63) is 83.9 Å². The third-order valence-electron chi connectivity index (χ3n) is 5.85. The van der Waals surface area contributed by atoms with Gasteiger partial charge in [0.25, 0.3) is 0 Å². The molecule has 178 valence electrons. The molecule has 0 spiro atoms. The molecule has 1 fully saturated rings. The third-order valence-corrected chi connectivity index (χ3v) is 5.85. The van der Waals surface area contributed by atoms with Gasteiger partial charge in [0.1, 0.15) is 11.6 Å². The van der Waals surface area contributed by atoms with E-state index in [2.05, 4.69) is 17.4 Å². The topological polar surface area (TPSA) is 67.9 Å². The highest BCUT2D eigenvalue weighted by Gasteiger charge is 2.42. The largest absolute Gasteiger partial charge is 0.444 e. The van der Waals surface area contributed by atoms with Crippen LogP contribution >= 0.6 is 0 Å². The number of likely N-dealkylation sites (tertiary alicyclic amines) is 1. The van der Waals surface area contributed by atoms with Gasteiger partial charge in [-0.15, -0.1) is 0 Å². The Morgan fingerprint density at radius 3 is 2.44 bits per heavy atom. The van der Waals surface area contributed by atoms with Crippen LogP contribution in [0.2, 0.25) is 0 Å². The summed E-state index contributed by atoms with van der Waals surface area (Å²) < 4.78 is 11.7. The van der Waals surface area contributed by atoms with E-state index in [0.29, 0.717) is 26.1 Å². The van der Waals surface area contributed by atoms with Crippen LogP contribution in [0.4, 0.5) is 4.79 Å². The van der Waals surface area contributed by atoms with Gasteiger partial charge in [-0.1, -0.05) is 72.8 Å². The van der Waals surface area contributed by atoms with Crippen LogP contribution in [-0.2, 0) is 27.4 Å². The van der Waals surface area contributed by atoms with Gasteiger partial charge < -0.3 is 14.8 Å². The molecule has 0 bridgehead atoms. The van der Waals surface area contributed by atoms with Crippen LogP contribution in [0.5, 0.6) is 0 Å². The molecule has 2 unspecified atom stereocenters. The number of carbonyl (C=O) groups is 2. The summed E-state index contributed by atoms with van der Waals surface area (Å²) >= 11 is 0. The predicted octanol–water partition coefficient (Wildman–Crippen LogP) is 5.05. The highest BCUT2D eigenvalue weighted by Crippen LogP contribution is 2.25. The normalized spacial score (nSPS) is 18.1. The molecular formula is C28H32N2O4. The molecule has 1 aliphatic heterocycles. The maximum absolute atomic E-state index is 13.2. The van der Waals surface area contributed by atoms with Gasteiger partial charge in [0, 0.05) is 13.0 Å². The lowest BCUT2D eigenvalue weighted by atomic mass is 10.0. The van der Waals surface area contributed by atoms with Crippen LogP contribution < -0.4 is 5.32 Å². The fraction of sp³-hybridized carbons (Fsp3) is 0.357. The van der Waals surface area contributed by atoms with E-state index < -0.39 is 17.7 Å². The van der Waals surface area contributed by atoms with Crippen molar-refractivity contribution in [1.29, 1.82) is 0 Å². The molecule has 3 aromatic carbocycles. The molecule has 2 atom stereocenters. The van der Waals surface area contributed by atoms with E-state index in [4.69, 9.17) is 9.47 Å². The zero-order valence-electron chi connectivity index (χ0n) is 20.0. The first-order valence-corrected chi connectivity index (χ1v) is 11.7. The van der Waals surface area contributed by atoms with Crippen molar-refractivity contribution in [2.75, 3.05) is 6.54 Å². The number of ether oxygens (including phenoxy) is 2. The number of carbonyl (C=O) groups excluding carboxylic acids is 2. The van der Waals surface area contributed by atoms with Crippen molar-refractivity contribution >= 4 is 22.8 Å². The molecule has 0 saturated carbocycles. The van der Waals surface area contributed by atoms with E-state index in [1.165, 1.54) is 4.90 Å². The van der Waals surface area contributed by atoms with Gasteiger partial charge in [-0.2, -0.15) is 0 Å². The van der Waals surface area contributed by atoms with E-state index in [9.17, 15) is 9.59 Å². The number of hydrogen-bond donors (Lipinski definition) is 1. The Bertz CT molecular complexity index is 1130. The molecule has 4 rings (SSSR count). The van der Waals surface area contributed by atoms with Crippen molar-refractivity contribution in [3.63, 3.8) is 0 Å². The molecule has 0 aromatic heterocycles. The number of fused-ring (bicyclic) bond motifs is 1. The Balaban J connectivity index is 1.45. The summed E-state index contributed by atoms with van der Waals surface area (Å²) in [5.41, 5.74) is 1.43. The monoisotopic (exact) mass is 460 g/mol. The lowest BCUT2D eigenvalue weighted by Crippen LogP contribution is -2.47. The van der Waals surface area contributed by atoms with E-state index in [0.717, 1.165) is 21.9 Å². The standard InChI is InChI=1S/C28H32N2O4/c1-28(2,3)34-27(32)30-18-23(33-19-20-10-5-4-6-11-20)16-25(30)26(31)29-17-22-14-9-13-21-12-7-8-15-24(21)22/h4-15,23,25H,16-19H2,1-3H3,(H,29,31). The average molecular weight is 461 g/mol. The van der Waals surface area contributed by atoms with Gasteiger partial charge in [-0.25, -0.2) is 4.79 Å². The first-order chi connectivity index (χ1) is 16.3. The zero-order valence-corrected chi connectivity index (χ0v) is 20.0. The number of rotatable bonds is 6. The smallest absolute Gasteiger partial charge is 0.411 e. The lowest BCUT2D eigenvalue weighted by Gasteiger charge is -2.28. The quantitative estimate of drug-likeness (QED) is 0.559. The summed E-state index contributed by atoms with van der Waals surface area (Å²) in [7, 11) is 0. The van der Waals surface area contributed by atoms with Crippen molar-refractivity contribution in [1.82, 2.24) is 10.2 Å². The molecule has 1 saturated heterocycles. The highest BCUT2D eigenvalue weighted by molar-refractivity contribution is 5.88. The average Bonchev–Trinajstić information content (AvgIpc) is 3.25. The van der Waals surface area contributed by atoms with Crippen molar-refractivity contribution in [2.24, 2.45) is 0 Å². The molecule has 2 amide bonds. The van der Waals surface area contributed by atoms with Crippen LogP contribution in [0.15, 0.2) is 72.8 Å². The number of amides is 2. The Hall–Kier alpha value is -3.38. The zero-order chi connectivity index (χ0) is 24.1. The molecule has 1 N–H and O–H groups in total. The first-order valence-electron chi connectivity index (χ1n) is 11.7.